The van der Waals surface area contributed by atoms with E-state index >= 15 is 0 Å². The van der Waals surface area contributed by atoms with Gasteiger partial charge >= 0.3 is 6.03 Å². The van der Waals surface area contributed by atoms with Gasteiger partial charge in [-0.05, 0) is 44.5 Å². The summed E-state index contributed by atoms with van der Waals surface area (Å²) < 4.78 is 1.89. The van der Waals surface area contributed by atoms with E-state index in [4.69, 9.17) is 0 Å². The van der Waals surface area contributed by atoms with E-state index in [1.54, 1.807) is 25.1 Å². The van der Waals surface area contributed by atoms with Gasteiger partial charge in [-0.3, -0.25) is 9.20 Å². The Bertz CT molecular complexity index is 888. The summed E-state index contributed by atoms with van der Waals surface area (Å²) in [6.45, 7) is 5.11. The number of amides is 3. The molecule has 0 aliphatic carbocycles. The quantitative estimate of drug-likeness (QED) is 0.812. The summed E-state index contributed by atoms with van der Waals surface area (Å²) in [5, 5.41) is 11.6. The zero-order valence-corrected chi connectivity index (χ0v) is 17.2. The van der Waals surface area contributed by atoms with Crippen LogP contribution in [0.4, 0.5) is 4.79 Å². The summed E-state index contributed by atoms with van der Waals surface area (Å²) >= 11 is 0. The van der Waals surface area contributed by atoms with Gasteiger partial charge in [0.05, 0.1) is 5.56 Å². The van der Waals surface area contributed by atoms with Crippen molar-refractivity contribution in [3.05, 3.63) is 29.7 Å². The Hall–Kier alpha value is -2.68. The SMILES string of the molecule is CN(C)C(=O)N1CCC(c2nnc3ccc(C(=O)NCCN4CCCC4)cn23)C1. The standard InChI is InChI=1S/C20H29N7O2/c1-24(2)20(29)26-11-7-15(13-26)18-23-22-17-6-5-16(14-27(17)18)19(28)21-8-12-25-9-3-4-10-25/h5-6,14-15H,3-4,7-13H2,1-2H3,(H,21,28). The monoisotopic (exact) mass is 399 g/mol. The van der Waals surface area contributed by atoms with E-state index in [-0.39, 0.29) is 17.9 Å². The number of rotatable bonds is 5. The fourth-order valence-electron chi connectivity index (χ4n) is 4.18. The Kier molecular flexibility index (Phi) is 5.66. The smallest absolute Gasteiger partial charge is 0.319 e. The fourth-order valence-corrected chi connectivity index (χ4v) is 4.18. The number of likely N-dealkylation sites (tertiary alicyclic amines) is 2. The van der Waals surface area contributed by atoms with Crippen LogP contribution in [0.3, 0.4) is 0 Å². The summed E-state index contributed by atoms with van der Waals surface area (Å²) in [4.78, 5) is 30.6. The molecule has 0 bridgehead atoms. The van der Waals surface area contributed by atoms with Crippen molar-refractivity contribution in [1.29, 1.82) is 0 Å². The van der Waals surface area contributed by atoms with Crippen molar-refractivity contribution in [2.75, 3.05) is 53.4 Å². The normalized spacial score (nSPS) is 19.8. The number of urea groups is 1. The summed E-state index contributed by atoms with van der Waals surface area (Å²) in [6.07, 6.45) is 5.15. The van der Waals surface area contributed by atoms with Gasteiger partial charge in [0.15, 0.2) is 5.65 Å². The van der Waals surface area contributed by atoms with Gasteiger partial charge in [-0.2, -0.15) is 0 Å². The van der Waals surface area contributed by atoms with Crippen molar-refractivity contribution in [2.45, 2.75) is 25.2 Å². The molecule has 4 heterocycles. The molecule has 0 spiro atoms. The Morgan fingerprint density at radius 3 is 2.72 bits per heavy atom. The number of carbonyl (C=O) groups excluding carboxylic acids is 2. The minimum atomic E-state index is -0.0819. The minimum absolute atomic E-state index is 0.0133. The fraction of sp³-hybridized carbons (Fsp3) is 0.600. The van der Waals surface area contributed by atoms with E-state index in [0.717, 1.165) is 31.9 Å². The molecule has 2 saturated heterocycles. The Morgan fingerprint density at radius 1 is 1.17 bits per heavy atom. The number of nitrogens with zero attached hydrogens (tertiary/aromatic N) is 6. The third kappa shape index (κ3) is 4.19. The van der Waals surface area contributed by atoms with Crippen LogP contribution in [0.1, 0.15) is 41.4 Å². The number of hydrogen-bond acceptors (Lipinski definition) is 5. The molecule has 2 fully saturated rings. The maximum atomic E-state index is 12.6. The lowest BCUT2D eigenvalue weighted by Gasteiger charge is -2.21. The number of nitrogens with one attached hydrogen (secondary N) is 1. The van der Waals surface area contributed by atoms with E-state index in [0.29, 0.717) is 30.8 Å². The van der Waals surface area contributed by atoms with Crippen LogP contribution in [0.15, 0.2) is 18.3 Å². The van der Waals surface area contributed by atoms with E-state index < -0.39 is 0 Å². The summed E-state index contributed by atoms with van der Waals surface area (Å²) in [5.41, 5.74) is 1.31. The number of fused-ring (bicyclic) bond motifs is 1. The van der Waals surface area contributed by atoms with Crippen molar-refractivity contribution in [3.8, 4) is 0 Å². The molecule has 9 heteroatoms. The van der Waals surface area contributed by atoms with Crippen LogP contribution < -0.4 is 5.32 Å². The van der Waals surface area contributed by atoms with Crippen molar-refractivity contribution in [1.82, 2.24) is 34.6 Å². The van der Waals surface area contributed by atoms with Gasteiger partial charge in [0.25, 0.3) is 5.91 Å². The van der Waals surface area contributed by atoms with E-state index in [9.17, 15) is 9.59 Å². The maximum Gasteiger partial charge on any atom is 0.319 e. The van der Waals surface area contributed by atoms with Crippen LogP contribution in [0, 0.1) is 0 Å². The highest BCUT2D eigenvalue weighted by molar-refractivity contribution is 5.94. The molecule has 0 aromatic carbocycles. The van der Waals surface area contributed by atoms with Gasteiger partial charge in [0.1, 0.15) is 5.82 Å². The first-order valence-corrected chi connectivity index (χ1v) is 10.3. The van der Waals surface area contributed by atoms with E-state index in [1.165, 1.54) is 12.8 Å². The topological polar surface area (TPSA) is 86.1 Å². The predicted octanol–water partition coefficient (Wildman–Crippen LogP) is 1.03. The molecule has 3 amide bonds. The Morgan fingerprint density at radius 2 is 1.97 bits per heavy atom. The number of pyridine rings is 1. The maximum absolute atomic E-state index is 12.6. The lowest BCUT2D eigenvalue weighted by atomic mass is 10.1. The third-order valence-electron chi connectivity index (χ3n) is 5.81. The van der Waals surface area contributed by atoms with Crippen LogP contribution in [-0.2, 0) is 0 Å². The molecule has 2 aliphatic rings. The van der Waals surface area contributed by atoms with Gasteiger partial charge in [-0.15, -0.1) is 10.2 Å². The summed E-state index contributed by atoms with van der Waals surface area (Å²) in [6, 6.07) is 3.62. The molecule has 1 unspecified atom stereocenters. The van der Waals surface area contributed by atoms with Gasteiger partial charge in [-0.25, -0.2) is 4.79 Å². The first-order valence-electron chi connectivity index (χ1n) is 10.3. The van der Waals surface area contributed by atoms with E-state index in [2.05, 4.69) is 20.4 Å². The van der Waals surface area contributed by atoms with Crippen molar-refractivity contribution in [2.24, 2.45) is 0 Å². The first kappa shape index (κ1) is 19.6. The summed E-state index contributed by atoms with van der Waals surface area (Å²) in [7, 11) is 3.52. The number of aromatic nitrogens is 3. The number of carbonyl (C=O) groups is 2. The molecule has 1 atom stereocenters. The molecule has 2 aromatic heterocycles. The molecule has 156 valence electrons. The Labute approximate surface area is 170 Å². The zero-order valence-electron chi connectivity index (χ0n) is 17.2. The molecular formula is C20H29N7O2. The van der Waals surface area contributed by atoms with Gasteiger partial charge in [0, 0.05) is 52.4 Å². The number of hydrogen-bond donors (Lipinski definition) is 1. The minimum Gasteiger partial charge on any atom is -0.351 e. The molecule has 4 rings (SSSR count). The Balaban J connectivity index is 1.43. The average Bonchev–Trinajstić information content (AvgIpc) is 3.46. The van der Waals surface area contributed by atoms with Gasteiger partial charge in [-0.1, -0.05) is 0 Å². The van der Waals surface area contributed by atoms with E-state index in [1.807, 2.05) is 21.6 Å². The lowest BCUT2D eigenvalue weighted by molar-refractivity contribution is 0.0949. The van der Waals surface area contributed by atoms with Crippen molar-refractivity contribution < 1.29 is 9.59 Å². The second-order valence-electron chi connectivity index (χ2n) is 8.12. The van der Waals surface area contributed by atoms with Crippen molar-refractivity contribution >= 4 is 17.6 Å². The summed E-state index contributed by atoms with van der Waals surface area (Å²) in [5.74, 6) is 0.838. The highest BCUT2D eigenvalue weighted by atomic mass is 16.2. The molecule has 1 N–H and O–H groups in total. The average molecular weight is 399 g/mol. The van der Waals surface area contributed by atoms with Crippen LogP contribution >= 0.6 is 0 Å². The molecule has 9 nitrogen and oxygen atoms in total. The molecule has 2 aliphatic heterocycles. The van der Waals surface area contributed by atoms with Gasteiger partial charge in [0.2, 0.25) is 0 Å². The zero-order chi connectivity index (χ0) is 20.4. The molecular weight excluding hydrogens is 370 g/mol. The van der Waals surface area contributed by atoms with Crippen LogP contribution in [0.5, 0.6) is 0 Å². The van der Waals surface area contributed by atoms with Crippen molar-refractivity contribution in [3.63, 3.8) is 0 Å². The highest BCUT2D eigenvalue weighted by Crippen LogP contribution is 2.27. The second-order valence-corrected chi connectivity index (χ2v) is 8.12. The molecule has 2 aromatic rings. The second kappa shape index (κ2) is 8.36. The van der Waals surface area contributed by atoms with Crippen LogP contribution in [-0.4, -0.2) is 94.6 Å². The van der Waals surface area contributed by atoms with Crippen LogP contribution in [0.25, 0.3) is 5.65 Å². The third-order valence-corrected chi connectivity index (χ3v) is 5.81. The molecule has 0 saturated carbocycles. The molecule has 0 radical (unpaired) electrons. The largest absolute Gasteiger partial charge is 0.351 e. The first-order chi connectivity index (χ1) is 14.0. The predicted molar refractivity (Wildman–Crippen MR) is 109 cm³/mol. The van der Waals surface area contributed by atoms with Gasteiger partial charge < -0.3 is 20.0 Å². The highest BCUT2D eigenvalue weighted by Gasteiger charge is 2.31. The van der Waals surface area contributed by atoms with Crippen LogP contribution in [0.2, 0.25) is 0 Å². The lowest BCUT2D eigenvalue weighted by Crippen LogP contribution is -2.37. The molecule has 29 heavy (non-hydrogen) atoms.